The van der Waals surface area contributed by atoms with Crippen molar-refractivity contribution in [2.75, 3.05) is 6.54 Å². The van der Waals surface area contributed by atoms with E-state index in [2.05, 4.69) is 25.8 Å². The fourth-order valence-corrected chi connectivity index (χ4v) is 2.96. The SMILES string of the molecule is O=S(=O)(NCCn1cccn1)c1ccc(CBr)cc1. The number of nitrogens with zero attached hydrogens (tertiary/aromatic N) is 2. The topological polar surface area (TPSA) is 64.0 Å². The lowest BCUT2D eigenvalue weighted by Crippen LogP contribution is -2.27. The number of hydrogen-bond acceptors (Lipinski definition) is 3. The van der Waals surface area contributed by atoms with E-state index in [9.17, 15) is 8.42 Å². The standard InChI is InChI=1S/C12H14BrN3O2S/c13-10-11-2-4-12(5-3-11)19(17,18)15-7-9-16-8-1-6-14-16/h1-6,8,15H,7,9-10H2. The van der Waals surface area contributed by atoms with Crippen molar-refractivity contribution in [3.63, 3.8) is 0 Å². The lowest BCUT2D eigenvalue weighted by Gasteiger charge is -2.07. The molecule has 0 aliphatic carbocycles. The highest BCUT2D eigenvalue weighted by Crippen LogP contribution is 2.12. The smallest absolute Gasteiger partial charge is 0.240 e. The van der Waals surface area contributed by atoms with Crippen LogP contribution in [0.4, 0.5) is 0 Å². The zero-order valence-electron chi connectivity index (χ0n) is 10.2. The Hall–Kier alpha value is -1.18. The maximum absolute atomic E-state index is 12.0. The van der Waals surface area contributed by atoms with Crippen LogP contribution in [0.3, 0.4) is 0 Å². The van der Waals surface area contributed by atoms with Crippen molar-refractivity contribution in [2.24, 2.45) is 0 Å². The molecule has 0 spiro atoms. The minimum atomic E-state index is -3.44. The van der Waals surface area contributed by atoms with Gasteiger partial charge in [0.15, 0.2) is 0 Å². The van der Waals surface area contributed by atoms with E-state index in [1.807, 2.05) is 0 Å². The first kappa shape index (κ1) is 14.2. The molecule has 0 radical (unpaired) electrons. The highest BCUT2D eigenvalue weighted by atomic mass is 79.9. The summed E-state index contributed by atoms with van der Waals surface area (Å²) < 4.78 is 28.2. The molecule has 0 unspecified atom stereocenters. The summed E-state index contributed by atoms with van der Waals surface area (Å²) in [4.78, 5) is 0.276. The fraction of sp³-hybridized carbons (Fsp3) is 0.250. The Labute approximate surface area is 120 Å². The van der Waals surface area contributed by atoms with Crippen molar-refractivity contribution < 1.29 is 8.42 Å². The van der Waals surface area contributed by atoms with Crippen molar-refractivity contribution in [1.29, 1.82) is 0 Å². The monoisotopic (exact) mass is 343 g/mol. The Balaban J connectivity index is 1.97. The number of hydrogen-bond donors (Lipinski definition) is 1. The van der Waals surface area contributed by atoms with E-state index in [4.69, 9.17) is 0 Å². The summed E-state index contributed by atoms with van der Waals surface area (Å²) in [6.45, 7) is 0.815. The molecule has 0 aliphatic heterocycles. The molecule has 2 aromatic rings. The van der Waals surface area contributed by atoms with E-state index in [1.165, 1.54) is 0 Å². The second kappa shape index (κ2) is 6.31. The maximum Gasteiger partial charge on any atom is 0.240 e. The zero-order chi connectivity index (χ0) is 13.7. The predicted octanol–water partition coefficient (Wildman–Crippen LogP) is 1.76. The fourth-order valence-electron chi connectivity index (χ4n) is 1.57. The third-order valence-corrected chi connectivity index (χ3v) is 4.70. The van der Waals surface area contributed by atoms with Crippen LogP contribution in [0.15, 0.2) is 47.6 Å². The molecule has 0 amide bonds. The molecule has 0 atom stereocenters. The summed E-state index contributed by atoms with van der Waals surface area (Å²) in [5, 5.41) is 4.72. The van der Waals surface area contributed by atoms with Gasteiger partial charge in [-0.3, -0.25) is 4.68 Å². The molecule has 5 nitrogen and oxygen atoms in total. The normalized spacial score (nSPS) is 11.6. The van der Waals surface area contributed by atoms with Gasteiger partial charge in [-0.25, -0.2) is 13.1 Å². The molecular weight excluding hydrogens is 330 g/mol. The van der Waals surface area contributed by atoms with E-state index >= 15 is 0 Å². The van der Waals surface area contributed by atoms with Gasteiger partial charge in [0.1, 0.15) is 0 Å². The summed E-state index contributed by atoms with van der Waals surface area (Å²) in [5.74, 6) is 0. The highest BCUT2D eigenvalue weighted by molar-refractivity contribution is 9.08. The first-order valence-corrected chi connectivity index (χ1v) is 8.34. The molecule has 0 bridgehead atoms. The first-order valence-electron chi connectivity index (χ1n) is 5.74. The number of alkyl halides is 1. The summed E-state index contributed by atoms with van der Waals surface area (Å²) in [6, 6.07) is 8.58. The van der Waals surface area contributed by atoms with Gasteiger partial charge in [0.25, 0.3) is 0 Å². The van der Waals surface area contributed by atoms with Crippen LogP contribution in [0.2, 0.25) is 0 Å². The van der Waals surface area contributed by atoms with Gasteiger partial charge < -0.3 is 0 Å². The van der Waals surface area contributed by atoms with Gasteiger partial charge in [0, 0.05) is 24.3 Å². The largest absolute Gasteiger partial charge is 0.271 e. The quantitative estimate of drug-likeness (QED) is 0.812. The van der Waals surface area contributed by atoms with Gasteiger partial charge in [-0.05, 0) is 23.8 Å². The molecule has 1 aromatic carbocycles. The average molecular weight is 344 g/mol. The van der Waals surface area contributed by atoms with Crippen LogP contribution in [0.25, 0.3) is 0 Å². The minimum absolute atomic E-state index is 0.276. The van der Waals surface area contributed by atoms with Crippen LogP contribution in [-0.2, 0) is 21.9 Å². The number of aromatic nitrogens is 2. The lowest BCUT2D eigenvalue weighted by atomic mass is 10.2. The summed E-state index contributed by atoms with van der Waals surface area (Å²) in [6.07, 6.45) is 3.45. The van der Waals surface area contributed by atoms with Gasteiger partial charge >= 0.3 is 0 Å². The Morgan fingerprint density at radius 2 is 2.00 bits per heavy atom. The molecule has 0 saturated heterocycles. The number of sulfonamides is 1. The van der Waals surface area contributed by atoms with Gasteiger partial charge in [0.05, 0.1) is 11.4 Å². The Morgan fingerprint density at radius 3 is 2.58 bits per heavy atom. The number of nitrogens with one attached hydrogen (secondary N) is 1. The molecule has 2 rings (SSSR count). The van der Waals surface area contributed by atoms with Crippen LogP contribution in [0.1, 0.15) is 5.56 Å². The molecule has 0 aliphatic rings. The van der Waals surface area contributed by atoms with Crippen LogP contribution < -0.4 is 4.72 Å². The van der Waals surface area contributed by atoms with Crippen LogP contribution >= 0.6 is 15.9 Å². The Morgan fingerprint density at radius 1 is 1.26 bits per heavy atom. The summed E-state index contributed by atoms with van der Waals surface area (Å²) >= 11 is 3.32. The minimum Gasteiger partial charge on any atom is -0.271 e. The second-order valence-corrected chi connectivity index (χ2v) is 6.27. The molecule has 1 N–H and O–H groups in total. The van der Waals surface area contributed by atoms with Gasteiger partial charge in [-0.15, -0.1) is 0 Å². The van der Waals surface area contributed by atoms with Crippen molar-refractivity contribution in [3.8, 4) is 0 Å². The zero-order valence-corrected chi connectivity index (χ0v) is 12.6. The maximum atomic E-state index is 12.0. The Bertz CT molecular complexity index is 609. The lowest BCUT2D eigenvalue weighted by molar-refractivity contribution is 0.561. The molecule has 7 heteroatoms. The van der Waals surface area contributed by atoms with Crippen molar-refractivity contribution >= 4 is 26.0 Å². The highest BCUT2D eigenvalue weighted by Gasteiger charge is 2.12. The first-order chi connectivity index (χ1) is 9.12. The van der Waals surface area contributed by atoms with Crippen molar-refractivity contribution in [2.45, 2.75) is 16.8 Å². The van der Waals surface area contributed by atoms with Crippen LogP contribution in [-0.4, -0.2) is 24.7 Å². The Kier molecular flexibility index (Phi) is 4.73. The number of rotatable bonds is 6. The molecule has 1 heterocycles. The van der Waals surface area contributed by atoms with Crippen molar-refractivity contribution in [1.82, 2.24) is 14.5 Å². The van der Waals surface area contributed by atoms with Gasteiger partial charge in [-0.2, -0.15) is 5.10 Å². The summed E-state index contributed by atoms with van der Waals surface area (Å²) in [7, 11) is -3.44. The van der Waals surface area contributed by atoms with E-state index in [-0.39, 0.29) is 4.90 Å². The van der Waals surface area contributed by atoms with Gasteiger partial charge in [0.2, 0.25) is 10.0 Å². The molecule has 0 saturated carbocycles. The molecular formula is C12H14BrN3O2S. The average Bonchev–Trinajstić information content (AvgIpc) is 2.92. The number of benzene rings is 1. The molecule has 19 heavy (non-hydrogen) atoms. The number of halogens is 1. The molecule has 0 fully saturated rings. The van der Waals surface area contributed by atoms with E-state index in [0.29, 0.717) is 18.4 Å². The molecule has 102 valence electrons. The third kappa shape index (κ3) is 3.89. The second-order valence-electron chi connectivity index (χ2n) is 3.94. The van der Waals surface area contributed by atoms with E-state index in [1.54, 1.807) is 47.4 Å². The van der Waals surface area contributed by atoms with E-state index < -0.39 is 10.0 Å². The van der Waals surface area contributed by atoms with Crippen molar-refractivity contribution in [3.05, 3.63) is 48.3 Å². The molecule has 1 aromatic heterocycles. The summed E-state index contributed by atoms with van der Waals surface area (Å²) in [5.41, 5.74) is 1.04. The van der Waals surface area contributed by atoms with Crippen LogP contribution in [0.5, 0.6) is 0 Å². The third-order valence-electron chi connectivity index (χ3n) is 2.58. The van der Waals surface area contributed by atoms with Crippen LogP contribution in [0, 0.1) is 0 Å². The van der Waals surface area contributed by atoms with E-state index in [0.717, 1.165) is 5.56 Å². The van der Waals surface area contributed by atoms with Gasteiger partial charge in [-0.1, -0.05) is 28.1 Å². The predicted molar refractivity (Wildman–Crippen MR) is 76.5 cm³/mol.